The van der Waals surface area contributed by atoms with Gasteiger partial charge in [-0.3, -0.25) is 4.79 Å². The predicted molar refractivity (Wildman–Crippen MR) is 121 cm³/mol. The molecule has 0 saturated carbocycles. The van der Waals surface area contributed by atoms with E-state index in [4.69, 9.17) is 4.74 Å². The highest BCUT2D eigenvalue weighted by atomic mass is 32.2. The second-order valence-electron chi connectivity index (χ2n) is 7.38. The minimum atomic E-state index is -0.324. The number of aryl methyl sites for hydroxylation is 1. The summed E-state index contributed by atoms with van der Waals surface area (Å²) >= 11 is 1.31. The molecule has 0 bridgehead atoms. The standard InChI is InChI=1S/C22H26N6O3S/c1-3-16-5-7-17(8-6-16)18-9-10-19-23-24-21(28(19)25-18)32-15-20(29)26-11-13-27(14-12-26)22(30)31-4-2/h5-10H,3-4,11-15H2,1-2H3. The second kappa shape index (κ2) is 9.99. The number of nitrogens with zero attached hydrogens (tertiary/aromatic N) is 6. The molecule has 1 saturated heterocycles. The van der Waals surface area contributed by atoms with Crippen molar-refractivity contribution in [1.82, 2.24) is 29.6 Å². The molecule has 1 aliphatic heterocycles. The normalized spacial score (nSPS) is 14.1. The van der Waals surface area contributed by atoms with Crippen molar-refractivity contribution in [3.8, 4) is 11.3 Å². The molecule has 32 heavy (non-hydrogen) atoms. The molecule has 4 rings (SSSR count). The molecule has 0 spiro atoms. The first-order chi connectivity index (χ1) is 15.6. The Kier molecular flexibility index (Phi) is 6.89. The number of hydrogen-bond donors (Lipinski definition) is 0. The van der Waals surface area contributed by atoms with Gasteiger partial charge in [0.05, 0.1) is 18.1 Å². The van der Waals surface area contributed by atoms with Gasteiger partial charge >= 0.3 is 6.09 Å². The maximum Gasteiger partial charge on any atom is 0.409 e. The molecular formula is C22H26N6O3S. The van der Waals surface area contributed by atoms with Crippen LogP contribution in [0.1, 0.15) is 19.4 Å². The van der Waals surface area contributed by atoms with Gasteiger partial charge in [-0.1, -0.05) is 43.0 Å². The number of aromatic nitrogens is 4. The molecule has 0 unspecified atom stereocenters. The van der Waals surface area contributed by atoms with E-state index in [1.165, 1.54) is 17.3 Å². The minimum Gasteiger partial charge on any atom is -0.450 e. The fourth-order valence-electron chi connectivity index (χ4n) is 3.50. The lowest BCUT2D eigenvalue weighted by molar-refractivity contribution is -0.129. The summed E-state index contributed by atoms with van der Waals surface area (Å²) in [5.41, 5.74) is 3.75. The van der Waals surface area contributed by atoms with Crippen molar-refractivity contribution in [3.05, 3.63) is 42.0 Å². The molecule has 1 fully saturated rings. The van der Waals surface area contributed by atoms with Crippen molar-refractivity contribution in [2.24, 2.45) is 0 Å². The Morgan fingerprint density at radius 1 is 0.969 bits per heavy atom. The molecule has 2 aromatic heterocycles. The third kappa shape index (κ3) is 4.85. The Morgan fingerprint density at radius 3 is 2.38 bits per heavy atom. The van der Waals surface area contributed by atoms with Gasteiger partial charge in [-0.05, 0) is 31.0 Å². The number of benzene rings is 1. The summed E-state index contributed by atoms with van der Waals surface area (Å²) in [6, 6.07) is 12.1. The van der Waals surface area contributed by atoms with Gasteiger partial charge in [-0.15, -0.1) is 10.2 Å². The van der Waals surface area contributed by atoms with Crippen LogP contribution >= 0.6 is 11.8 Å². The summed E-state index contributed by atoms with van der Waals surface area (Å²) in [5, 5.41) is 13.6. The summed E-state index contributed by atoms with van der Waals surface area (Å²) in [6.07, 6.45) is 0.667. The smallest absolute Gasteiger partial charge is 0.409 e. The van der Waals surface area contributed by atoms with Gasteiger partial charge in [0.2, 0.25) is 11.1 Å². The highest BCUT2D eigenvalue weighted by Crippen LogP contribution is 2.22. The molecule has 9 nitrogen and oxygen atoms in total. The number of ether oxygens (including phenoxy) is 1. The minimum absolute atomic E-state index is 0.00145. The number of rotatable bonds is 6. The Bertz CT molecular complexity index is 1090. The number of hydrogen-bond acceptors (Lipinski definition) is 7. The van der Waals surface area contributed by atoms with Crippen LogP contribution in [0, 0.1) is 0 Å². The van der Waals surface area contributed by atoms with Crippen LogP contribution < -0.4 is 0 Å². The van der Waals surface area contributed by atoms with Crippen LogP contribution in [0.4, 0.5) is 4.79 Å². The van der Waals surface area contributed by atoms with Crippen LogP contribution in [0.3, 0.4) is 0 Å². The SMILES string of the molecule is CCOC(=O)N1CCN(C(=O)CSc2nnc3ccc(-c4ccc(CC)cc4)nn23)CC1. The van der Waals surface area contributed by atoms with Crippen LogP contribution in [0.25, 0.3) is 16.9 Å². The van der Waals surface area contributed by atoms with Crippen LogP contribution in [0.5, 0.6) is 0 Å². The van der Waals surface area contributed by atoms with Gasteiger partial charge < -0.3 is 14.5 Å². The molecule has 10 heteroatoms. The first kappa shape index (κ1) is 22.1. The van der Waals surface area contributed by atoms with Crippen molar-refractivity contribution >= 4 is 29.4 Å². The van der Waals surface area contributed by atoms with Gasteiger partial charge in [0, 0.05) is 31.7 Å². The lowest BCUT2D eigenvalue weighted by Crippen LogP contribution is -2.51. The maximum atomic E-state index is 12.7. The van der Waals surface area contributed by atoms with Gasteiger partial charge in [-0.25, -0.2) is 4.79 Å². The molecule has 1 aromatic carbocycles. The molecule has 0 radical (unpaired) electrons. The quantitative estimate of drug-likeness (QED) is 0.529. The number of amides is 2. The van der Waals surface area contributed by atoms with Crippen molar-refractivity contribution in [2.45, 2.75) is 25.4 Å². The summed E-state index contributed by atoms with van der Waals surface area (Å²) in [4.78, 5) is 27.9. The molecular weight excluding hydrogens is 428 g/mol. The van der Waals surface area contributed by atoms with Crippen LogP contribution in [-0.4, -0.2) is 80.2 Å². The third-order valence-corrected chi connectivity index (χ3v) is 6.28. The first-order valence-electron chi connectivity index (χ1n) is 10.7. The number of fused-ring (bicyclic) bond motifs is 1. The molecule has 2 amide bonds. The molecule has 168 valence electrons. The zero-order valence-corrected chi connectivity index (χ0v) is 19.0. The predicted octanol–water partition coefficient (Wildman–Crippen LogP) is 2.75. The first-order valence-corrected chi connectivity index (χ1v) is 11.7. The summed E-state index contributed by atoms with van der Waals surface area (Å²) in [5.74, 6) is 0.235. The molecule has 1 aliphatic rings. The van der Waals surface area contributed by atoms with E-state index >= 15 is 0 Å². The highest BCUT2D eigenvalue weighted by Gasteiger charge is 2.25. The topological polar surface area (TPSA) is 92.9 Å². The van der Waals surface area contributed by atoms with E-state index in [0.29, 0.717) is 43.6 Å². The second-order valence-corrected chi connectivity index (χ2v) is 8.32. The van der Waals surface area contributed by atoms with E-state index in [-0.39, 0.29) is 17.8 Å². The number of thioether (sulfide) groups is 1. The van der Waals surface area contributed by atoms with Crippen molar-refractivity contribution < 1.29 is 14.3 Å². The summed E-state index contributed by atoms with van der Waals surface area (Å²) in [6.45, 7) is 6.20. The monoisotopic (exact) mass is 454 g/mol. The number of carbonyl (C=O) groups is 2. The third-order valence-electron chi connectivity index (χ3n) is 5.38. The Morgan fingerprint density at radius 2 is 1.69 bits per heavy atom. The van der Waals surface area contributed by atoms with E-state index in [0.717, 1.165) is 17.7 Å². The van der Waals surface area contributed by atoms with E-state index in [9.17, 15) is 9.59 Å². The fourth-order valence-corrected chi connectivity index (χ4v) is 4.29. The Hall–Kier alpha value is -3.14. The van der Waals surface area contributed by atoms with Gasteiger partial charge in [0.15, 0.2) is 5.65 Å². The molecule has 3 heterocycles. The number of piperazine rings is 1. The van der Waals surface area contributed by atoms with Gasteiger partial charge in [-0.2, -0.15) is 9.61 Å². The van der Waals surface area contributed by atoms with Crippen LogP contribution in [0.15, 0.2) is 41.6 Å². The maximum absolute atomic E-state index is 12.7. The summed E-state index contributed by atoms with van der Waals surface area (Å²) in [7, 11) is 0. The Labute approximate surface area is 190 Å². The van der Waals surface area contributed by atoms with Crippen LogP contribution in [0.2, 0.25) is 0 Å². The molecule has 0 N–H and O–H groups in total. The average Bonchev–Trinajstić information content (AvgIpc) is 3.25. The summed E-state index contributed by atoms with van der Waals surface area (Å²) < 4.78 is 6.70. The molecule has 0 aliphatic carbocycles. The van der Waals surface area contributed by atoms with Crippen LogP contribution in [-0.2, 0) is 16.0 Å². The van der Waals surface area contributed by atoms with E-state index < -0.39 is 0 Å². The van der Waals surface area contributed by atoms with E-state index in [1.807, 2.05) is 12.1 Å². The molecule has 3 aromatic rings. The van der Waals surface area contributed by atoms with Crippen molar-refractivity contribution in [3.63, 3.8) is 0 Å². The van der Waals surface area contributed by atoms with Gasteiger partial charge in [0.25, 0.3) is 0 Å². The number of carbonyl (C=O) groups excluding carboxylic acids is 2. The fraction of sp³-hybridized carbons (Fsp3) is 0.409. The molecule has 0 atom stereocenters. The highest BCUT2D eigenvalue weighted by molar-refractivity contribution is 7.99. The Balaban J connectivity index is 1.39. The van der Waals surface area contributed by atoms with Crippen molar-refractivity contribution in [2.75, 3.05) is 38.5 Å². The zero-order chi connectivity index (χ0) is 22.5. The lowest BCUT2D eigenvalue weighted by Gasteiger charge is -2.33. The van der Waals surface area contributed by atoms with E-state index in [1.54, 1.807) is 21.2 Å². The average molecular weight is 455 g/mol. The van der Waals surface area contributed by atoms with Crippen molar-refractivity contribution in [1.29, 1.82) is 0 Å². The van der Waals surface area contributed by atoms with Gasteiger partial charge in [0.1, 0.15) is 0 Å². The zero-order valence-electron chi connectivity index (χ0n) is 18.2. The lowest BCUT2D eigenvalue weighted by atomic mass is 10.1. The largest absolute Gasteiger partial charge is 0.450 e. The van der Waals surface area contributed by atoms with E-state index in [2.05, 4.69) is 46.5 Å².